The number of rotatable bonds is 12. The molecular weight excluding hydrogens is 686 g/mol. The summed E-state index contributed by atoms with van der Waals surface area (Å²) < 4.78 is 30.8. The predicted octanol–water partition coefficient (Wildman–Crippen LogP) is 7.66. The lowest BCUT2D eigenvalue weighted by molar-refractivity contribution is -0.140. The van der Waals surface area contributed by atoms with Gasteiger partial charge in [-0.3, -0.25) is 13.9 Å². The summed E-state index contributed by atoms with van der Waals surface area (Å²) in [6.45, 7) is 5.35. The lowest BCUT2D eigenvalue weighted by Crippen LogP contribution is -2.55. The molecule has 1 fully saturated rings. The monoisotopic (exact) mass is 729 g/mol. The van der Waals surface area contributed by atoms with Crippen LogP contribution in [0.15, 0.2) is 106 Å². The van der Waals surface area contributed by atoms with E-state index in [4.69, 9.17) is 0 Å². The zero-order chi connectivity index (χ0) is 34.3. The SMILES string of the molecule is Cc1ccc(S(=O)(=O)N(CC(=O)N(Cc2ccc(Br)cc2)[C@H](Cc2ccccc2)C(=O)NC2CCCCC2)c2ccc(C)cc2C)cc1. The van der Waals surface area contributed by atoms with Crippen LogP contribution in [0, 0.1) is 20.8 Å². The fraction of sp³-hybridized carbons (Fsp3) is 0.333. The Labute approximate surface area is 293 Å². The maximum atomic E-state index is 14.8. The Morgan fingerprint density at radius 2 is 1.46 bits per heavy atom. The fourth-order valence-electron chi connectivity index (χ4n) is 6.32. The smallest absolute Gasteiger partial charge is 0.264 e. The fourth-order valence-corrected chi connectivity index (χ4v) is 8.06. The second kappa shape index (κ2) is 16.0. The van der Waals surface area contributed by atoms with Crippen LogP contribution >= 0.6 is 15.9 Å². The summed E-state index contributed by atoms with van der Waals surface area (Å²) in [4.78, 5) is 30.7. The molecule has 252 valence electrons. The number of hydrogen-bond donors (Lipinski definition) is 1. The van der Waals surface area contributed by atoms with E-state index in [-0.39, 0.29) is 29.8 Å². The van der Waals surface area contributed by atoms with Crippen LogP contribution in [0.25, 0.3) is 0 Å². The third kappa shape index (κ3) is 8.94. The number of anilines is 1. The minimum Gasteiger partial charge on any atom is -0.352 e. The molecule has 0 aliphatic heterocycles. The molecule has 0 aromatic heterocycles. The molecular formula is C39H44BrN3O4S. The molecule has 1 saturated carbocycles. The number of aryl methyl sites for hydroxylation is 3. The summed E-state index contributed by atoms with van der Waals surface area (Å²) in [7, 11) is -4.16. The Balaban J connectivity index is 1.58. The van der Waals surface area contributed by atoms with Gasteiger partial charge in [0.1, 0.15) is 12.6 Å². The Morgan fingerprint density at radius 3 is 2.10 bits per heavy atom. The minimum atomic E-state index is -4.16. The van der Waals surface area contributed by atoms with Crippen molar-refractivity contribution in [3.8, 4) is 0 Å². The van der Waals surface area contributed by atoms with Crippen molar-refractivity contribution in [2.45, 2.75) is 82.8 Å². The van der Waals surface area contributed by atoms with Gasteiger partial charge in [0.2, 0.25) is 11.8 Å². The molecule has 9 heteroatoms. The highest BCUT2D eigenvalue weighted by Crippen LogP contribution is 2.29. The van der Waals surface area contributed by atoms with Crippen molar-refractivity contribution in [1.82, 2.24) is 10.2 Å². The standard InChI is InChI=1S/C39H44BrN3O4S/c1-28-14-21-35(22-15-28)48(46,47)43(36-23-16-29(2)24-30(36)3)27-38(44)42(26-32-17-19-33(40)20-18-32)37(25-31-10-6-4-7-11-31)39(45)41-34-12-8-5-9-13-34/h4,6-7,10-11,14-24,34,37H,5,8-9,12-13,25-27H2,1-3H3,(H,41,45)/t37-/m1/s1. The first-order valence-corrected chi connectivity index (χ1v) is 18.8. The third-order valence-electron chi connectivity index (χ3n) is 9.00. The van der Waals surface area contributed by atoms with Crippen molar-refractivity contribution in [3.63, 3.8) is 0 Å². The summed E-state index contributed by atoms with van der Waals surface area (Å²) in [6.07, 6.45) is 5.35. The van der Waals surface area contributed by atoms with E-state index in [1.54, 1.807) is 35.2 Å². The number of hydrogen-bond acceptors (Lipinski definition) is 4. The molecule has 48 heavy (non-hydrogen) atoms. The Bertz CT molecular complexity index is 1810. The number of nitrogens with one attached hydrogen (secondary N) is 1. The molecule has 1 aliphatic carbocycles. The van der Waals surface area contributed by atoms with Crippen LogP contribution < -0.4 is 9.62 Å². The average molecular weight is 731 g/mol. The van der Waals surface area contributed by atoms with E-state index < -0.39 is 28.5 Å². The zero-order valence-electron chi connectivity index (χ0n) is 27.9. The highest BCUT2D eigenvalue weighted by Gasteiger charge is 2.35. The van der Waals surface area contributed by atoms with Crippen LogP contribution in [-0.4, -0.2) is 43.8 Å². The van der Waals surface area contributed by atoms with E-state index in [1.165, 1.54) is 4.31 Å². The van der Waals surface area contributed by atoms with Crippen molar-refractivity contribution in [3.05, 3.63) is 129 Å². The van der Waals surface area contributed by atoms with Crippen molar-refractivity contribution in [2.75, 3.05) is 10.8 Å². The summed E-state index contributed by atoms with van der Waals surface area (Å²) in [5, 5.41) is 3.26. The summed E-state index contributed by atoms with van der Waals surface area (Å²) >= 11 is 3.49. The minimum absolute atomic E-state index is 0.0442. The van der Waals surface area contributed by atoms with Gasteiger partial charge in [0.05, 0.1) is 10.6 Å². The highest BCUT2D eigenvalue weighted by molar-refractivity contribution is 9.10. The van der Waals surface area contributed by atoms with Crippen molar-refractivity contribution >= 4 is 43.5 Å². The molecule has 4 aromatic rings. The maximum Gasteiger partial charge on any atom is 0.264 e. The molecule has 0 radical (unpaired) electrons. The molecule has 0 spiro atoms. The second-order valence-corrected chi connectivity index (χ2v) is 15.6. The first kappa shape index (κ1) is 35.4. The van der Waals surface area contributed by atoms with E-state index in [2.05, 4.69) is 21.2 Å². The van der Waals surface area contributed by atoms with Gasteiger partial charge in [0, 0.05) is 23.5 Å². The van der Waals surface area contributed by atoms with E-state index in [1.807, 2.05) is 87.5 Å². The van der Waals surface area contributed by atoms with Crippen LogP contribution in [0.3, 0.4) is 0 Å². The first-order valence-electron chi connectivity index (χ1n) is 16.6. The summed E-state index contributed by atoms with van der Waals surface area (Å²) in [5.41, 5.74) is 4.80. The van der Waals surface area contributed by atoms with Crippen molar-refractivity contribution < 1.29 is 18.0 Å². The van der Waals surface area contributed by atoms with Gasteiger partial charge in [0.15, 0.2) is 0 Å². The average Bonchev–Trinajstić information content (AvgIpc) is 3.07. The highest BCUT2D eigenvalue weighted by atomic mass is 79.9. The molecule has 0 bridgehead atoms. The molecule has 0 saturated heterocycles. The molecule has 5 rings (SSSR count). The number of amides is 2. The van der Waals surface area contributed by atoms with Crippen LogP contribution in [0.5, 0.6) is 0 Å². The summed E-state index contributed by atoms with van der Waals surface area (Å²) in [6, 6.07) is 28.6. The molecule has 0 unspecified atom stereocenters. The van der Waals surface area contributed by atoms with Crippen molar-refractivity contribution in [2.24, 2.45) is 0 Å². The number of halogens is 1. The second-order valence-electron chi connectivity index (χ2n) is 12.8. The molecule has 0 heterocycles. The van der Waals surface area contributed by atoms with Gasteiger partial charge in [-0.15, -0.1) is 0 Å². The van der Waals surface area contributed by atoms with E-state index in [0.29, 0.717) is 5.69 Å². The van der Waals surface area contributed by atoms with Gasteiger partial charge in [-0.1, -0.05) is 113 Å². The van der Waals surface area contributed by atoms with Gasteiger partial charge in [-0.2, -0.15) is 0 Å². The van der Waals surface area contributed by atoms with Gasteiger partial charge in [-0.05, 0) is 80.6 Å². The van der Waals surface area contributed by atoms with Crippen molar-refractivity contribution in [1.29, 1.82) is 0 Å². The van der Waals surface area contributed by atoms with Crippen LogP contribution in [0.1, 0.15) is 59.9 Å². The number of sulfonamides is 1. The number of carbonyl (C=O) groups excluding carboxylic acids is 2. The largest absolute Gasteiger partial charge is 0.352 e. The molecule has 7 nitrogen and oxygen atoms in total. The molecule has 1 atom stereocenters. The number of benzene rings is 4. The lowest BCUT2D eigenvalue weighted by atomic mass is 9.94. The topological polar surface area (TPSA) is 86.8 Å². The number of carbonyl (C=O) groups is 2. The predicted molar refractivity (Wildman–Crippen MR) is 195 cm³/mol. The Hall–Kier alpha value is -3.95. The molecule has 4 aromatic carbocycles. The normalized spacial score (nSPS) is 14.2. The molecule has 2 amide bonds. The molecule has 1 N–H and O–H groups in total. The van der Waals surface area contributed by atoms with Crippen LogP contribution in [-0.2, 0) is 32.6 Å². The number of nitrogens with zero attached hydrogens (tertiary/aromatic N) is 2. The third-order valence-corrected chi connectivity index (χ3v) is 11.3. The Morgan fingerprint density at radius 1 is 0.812 bits per heavy atom. The van der Waals surface area contributed by atoms with Gasteiger partial charge < -0.3 is 10.2 Å². The van der Waals surface area contributed by atoms with Gasteiger partial charge >= 0.3 is 0 Å². The Kier molecular flexibility index (Phi) is 11.8. The zero-order valence-corrected chi connectivity index (χ0v) is 30.3. The van der Waals surface area contributed by atoms with Crippen LogP contribution in [0.4, 0.5) is 5.69 Å². The van der Waals surface area contributed by atoms with Gasteiger partial charge in [0.25, 0.3) is 10.0 Å². The van der Waals surface area contributed by atoms with E-state index in [9.17, 15) is 18.0 Å². The lowest BCUT2D eigenvalue weighted by Gasteiger charge is -2.35. The van der Waals surface area contributed by atoms with Gasteiger partial charge in [-0.25, -0.2) is 8.42 Å². The van der Waals surface area contributed by atoms with E-state index in [0.717, 1.165) is 64.4 Å². The van der Waals surface area contributed by atoms with E-state index >= 15 is 0 Å². The maximum absolute atomic E-state index is 14.8. The first-order chi connectivity index (χ1) is 23.0. The summed E-state index contributed by atoms with van der Waals surface area (Å²) in [5.74, 6) is -0.691. The van der Waals surface area contributed by atoms with Crippen LogP contribution in [0.2, 0.25) is 0 Å². The molecule has 1 aliphatic rings. The quantitative estimate of drug-likeness (QED) is 0.162.